The zero-order valence-electron chi connectivity index (χ0n) is 15.7. The molecule has 0 N–H and O–H groups in total. The summed E-state index contributed by atoms with van der Waals surface area (Å²) in [5, 5.41) is 0. The van der Waals surface area contributed by atoms with Crippen molar-refractivity contribution in [1.82, 2.24) is 14.7 Å². The van der Waals surface area contributed by atoms with E-state index in [2.05, 4.69) is 24.0 Å². The number of hydrogen-bond acceptors (Lipinski definition) is 5. The third-order valence-electron chi connectivity index (χ3n) is 5.57. The van der Waals surface area contributed by atoms with E-state index in [1.807, 2.05) is 37.8 Å². The number of para-hydroxylation sites is 1. The van der Waals surface area contributed by atoms with Crippen molar-refractivity contribution in [1.29, 1.82) is 0 Å². The monoisotopic (exact) mass is 353 g/mol. The Labute approximate surface area is 153 Å². The molecule has 0 saturated carbocycles. The fourth-order valence-corrected chi connectivity index (χ4v) is 4.01. The summed E-state index contributed by atoms with van der Waals surface area (Å²) in [4.78, 5) is 37.3. The van der Waals surface area contributed by atoms with Crippen molar-refractivity contribution in [3.05, 3.63) is 41.2 Å². The molecular weight excluding hydrogens is 330 g/mol. The molecule has 1 aromatic carbocycles. The predicted octanol–water partition coefficient (Wildman–Crippen LogP) is 2.35. The predicted molar refractivity (Wildman–Crippen MR) is 99.4 cm³/mol. The summed E-state index contributed by atoms with van der Waals surface area (Å²) < 4.78 is 0. The number of amides is 3. The third-order valence-corrected chi connectivity index (χ3v) is 5.57. The number of imide groups is 1. The zero-order chi connectivity index (χ0) is 18.7. The molecule has 7 heteroatoms. The maximum atomic E-state index is 13.0. The number of fused-ring (bicyclic) bond motifs is 3. The van der Waals surface area contributed by atoms with Gasteiger partial charge in [0.05, 0.1) is 5.69 Å². The number of nitrogens with zero attached hydrogens (tertiary/aromatic N) is 5. The molecule has 26 heavy (non-hydrogen) atoms. The van der Waals surface area contributed by atoms with Gasteiger partial charge in [-0.15, -0.1) is 0 Å². The van der Waals surface area contributed by atoms with Crippen molar-refractivity contribution in [2.45, 2.75) is 39.9 Å². The van der Waals surface area contributed by atoms with Gasteiger partial charge in [0, 0.05) is 25.0 Å². The maximum absolute atomic E-state index is 13.0. The molecule has 3 amide bonds. The van der Waals surface area contributed by atoms with Crippen LogP contribution in [0.15, 0.2) is 40.7 Å². The van der Waals surface area contributed by atoms with Gasteiger partial charge in [0.2, 0.25) is 5.96 Å². The second-order valence-corrected chi connectivity index (χ2v) is 6.93. The second kappa shape index (κ2) is 5.59. The van der Waals surface area contributed by atoms with E-state index in [1.54, 1.807) is 11.9 Å². The number of carbonyl (C=O) groups is 2. The van der Waals surface area contributed by atoms with E-state index in [0.717, 1.165) is 28.6 Å². The van der Waals surface area contributed by atoms with E-state index in [0.29, 0.717) is 6.54 Å². The van der Waals surface area contributed by atoms with Crippen LogP contribution < -0.4 is 4.90 Å². The highest BCUT2D eigenvalue weighted by molar-refractivity contribution is 6.10. The lowest BCUT2D eigenvalue weighted by Gasteiger charge is -2.40. The van der Waals surface area contributed by atoms with Gasteiger partial charge in [0.25, 0.3) is 5.91 Å². The Morgan fingerprint density at radius 2 is 1.77 bits per heavy atom. The van der Waals surface area contributed by atoms with Gasteiger partial charge < -0.3 is 4.90 Å². The van der Waals surface area contributed by atoms with Gasteiger partial charge >= 0.3 is 6.03 Å². The lowest BCUT2D eigenvalue weighted by molar-refractivity contribution is -0.136. The van der Waals surface area contributed by atoms with Gasteiger partial charge in [0.15, 0.2) is 12.2 Å². The van der Waals surface area contributed by atoms with Gasteiger partial charge in [-0.1, -0.05) is 18.2 Å². The Morgan fingerprint density at radius 3 is 2.42 bits per heavy atom. The third kappa shape index (κ3) is 1.97. The molecule has 3 aliphatic rings. The molecule has 0 radical (unpaired) electrons. The average Bonchev–Trinajstić information content (AvgIpc) is 3.11. The van der Waals surface area contributed by atoms with Gasteiger partial charge in [-0.2, -0.15) is 0 Å². The summed E-state index contributed by atoms with van der Waals surface area (Å²) in [6, 6.07) is 7.32. The molecule has 2 unspecified atom stereocenters. The highest BCUT2D eigenvalue weighted by Crippen LogP contribution is 2.40. The number of hydrogen-bond donors (Lipinski definition) is 0. The van der Waals surface area contributed by atoms with Crippen LogP contribution >= 0.6 is 0 Å². The molecule has 0 bridgehead atoms. The fraction of sp³-hybridized carbons (Fsp3) is 0.421. The molecule has 3 heterocycles. The standard InChI is InChI=1S/C19H23N5O2/c1-6-22-17(25)15-16(21(5)19(22)26)20-18-23(12(3)13(4)24(15)18)14-10-8-7-9-11(14)2/h7-10,15-16H,6H2,1-5H3. The summed E-state index contributed by atoms with van der Waals surface area (Å²) in [7, 11) is 1.71. The second-order valence-electron chi connectivity index (χ2n) is 6.93. The van der Waals surface area contributed by atoms with Gasteiger partial charge in [-0.3, -0.25) is 19.5 Å². The lowest BCUT2D eigenvalue weighted by atomic mass is 10.1. The van der Waals surface area contributed by atoms with Gasteiger partial charge in [0.1, 0.15) is 0 Å². The van der Waals surface area contributed by atoms with E-state index >= 15 is 0 Å². The molecule has 7 nitrogen and oxygen atoms in total. The van der Waals surface area contributed by atoms with E-state index in [4.69, 9.17) is 4.99 Å². The van der Waals surface area contributed by atoms with Crippen LogP contribution in [0.3, 0.4) is 0 Å². The molecular formula is C19H23N5O2. The largest absolute Gasteiger partial charge is 0.328 e. The number of allylic oxidation sites excluding steroid dienone is 2. The van der Waals surface area contributed by atoms with E-state index in [-0.39, 0.29) is 11.9 Å². The molecule has 3 aliphatic heterocycles. The number of rotatable bonds is 2. The Kier molecular flexibility index (Phi) is 3.57. The van der Waals surface area contributed by atoms with Crippen molar-refractivity contribution >= 4 is 23.6 Å². The number of anilines is 1. The van der Waals surface area contributed by atoms with E-state index < -0.39 is 12.2 Å². The van der Waals surface area contributed by atoms with Crippen LogP contribution in [-0.2, 0) is 4.79 Å². The van der Waals surface area contributed by atoms with Crippen LogP contribution in [0.5, 0.6) is 0 Å². The molecule has 2 atom stereocenters. The van der Waals surface area contributed by atoms with Crippen LogP contribution in [0.4, 0.5) is 10.5 Å². The number of guanidine groups is 1. The molecule has 1 aromatic rings. The normalized spacial score (nSPS) is 25.2. The molecule has 1 fully saturated rings. The molecule has 4 rings (SSSR count). The van der Waals surface area contributed by atoms with Gasteiger partial charge in [-0.05, 0) is 39.3 Å². The first-order valence-corrected chi connectivity index (χ1v) is 8.87. The van der Waals surface area contributed by atoms with Gasteiger partial charge in [-0.25, -0.2) is 9.79 Å². The molecule has 0 aliphatic carbocycles. The Hall–Kier alpha value is -2.83. The van der Waals surface area contributed by atoms with Crippen molar-refractivity contribution < 1.29 is 9.59 Å². The van der Waals surface area contributed by atoms with Crippen LogP contribution in [0.1, 0.15) is 26.3 Å². The van der Waals surface area contributed by atoms with E-state index in [9.17, 15) is 9.59 Å². The Morgan fingerprint density at radius 1 is 1.08 bits per heavy atom. The minimum Gasteiger partial charge on any atom is -0.302 e. The molecule has 0 aromatic heterocycles. The van der Waals surface area contributed by atoms with Crippen molar-refractivity contribution in [3.8, 4) is 0 Å². The molecule has 136 valence electrons. The summed E-state index contributed by atoms with van der Waals surface area (Å²) >= 11 is 0. The summed E-state index contributed by atoms with van der Waals surface area (Å²) in [6.45, 7) is 8.28. The number of likely N-dealkylation sites (N-methyl/N-ethyl adjacent to an activating group) is 2. The smallest absolute Gasteiger partial charge is 0.302 e. The summed E-state index contributed by atoms with van der Waals surface area (Å²) in [5.41, 5.74) is 4.21. The minimum atomic E-state index is -0.503. The van der Waals surface area contributed by atoms with E-state index in [1.165, 1.54) is 4.90 Å². The number of aryl methyl sites for hydroxylation is 1. The number of benzene rings is 1. The first-order valence-electron chi connectivity index (χ1n) is 8.87. The first kappa shape index (κ1) is 16.6. The zero-order valence-corrected chi connectivity index (χ0v) is 15.7. The summed E-state index contributed by atoms with van der Waals surface area (Å²) in [6.07, 6.45) is -0.498. The average molecular weight is 353 g/mol. The number of carbonyl (C=O) groups excluding carboxylic acids is 2. The fourth-order valence-electron chi connectivity index (χ4n) is 4.01. The van der Waals surface area contributed by atoms with Crippen LogP contribution in [0.2, 0.25) is 0 Å². The lowest BCUT2D eigenvalue weighted by Crippen LogP contribution is -2.64. The van der Waals surface area contributed by atoms with Crippen LogP contribution in [0.25, 0.3) is 0 Å². The number of aliphatic imine (C=N–C) groups is 1. The molecule has 1 saturated heterocycles. The Bertz CT molecular complexity index is 874. The highest BCUT2D eigenvalue weighted by atomic mass is 16.2. The minimum absolute atomic E-state index is 0.182. The highest BCUT2D eigenvalue weighted by Gasteiger charge is 2.55. The van der Waals surface area contributed by atoms with Crippen molar-refractivity contribution in [3.63, 3.8) is 0 Å². The Balaban J connectivity index is 1.83. The number of urea groups is 1. The first-order chi connectivity index (χ1) is 12.4. The molecule has 0 spiro atoms. The maximum Gasteiger partial charge on any atom is 0.328 e. The SMILES string of the molecule is CCN1C(=O)C2C(N=C3N(c4ccccc4C)C(C)=C(C)N32)N(C)C1=O. The summed E-state index contributed by atoms with van der Waals surface area (Å²) in [5.74, 6) is 0.536. The van der Waals surface area contributed by atoms with Crippen LogP contribution in [0, 0.1) is 6.92 Å². The van der Waals surface area contributed by atoms with Crippen LogP contribution in [-0.4, -0.2) is 58.4 Å². The van der Waals surface area contributed by atoms with Crippen molar-refractivity contribution in [2.75, 3.05) is 18.5 Å². The topological polar surface area (TPSA) is 59.5 Å². The quantitative estimate of drug-likeness (QED) is 0.819. The van der Waals surface area contributed by atoms with Crippen molar-refractivity contribution in [2.24, 2.45) is 4.99 Å².